The number of ketones is 1. The minimum Gasteiger partial charge on any atom is -0.297 e. The summed E-state index contributed by atoms with van der Waals surface area (Å²) in [5, 5.41) is 14.0. The molecule has 5 fully saturated rings. The van der Waals surface area contributed by atoms with Crippen LogP contribution in [-0.4, -0.2) is 15.6 Å². The highest BCUT2D eigenvalue weighted by Crippen LogP contribution is 2.76. The number of nitrogens with zero attached hydrogens (tertiary/aromatic N) is 3. The molecule has 5 aliphatic carbocycles. The Morgan fingerprint density at radius 2 is 1.91 bits per heavy atom. The Morgan fingerprint density at radius 3 is 2.68 bits per heavy atom. The minimum atomic E-state index is -0.573. The summed E-state index contributed by atoms with van der Waals surface area (Å²) in [7, 11) is 0. The Kier molecular flexibility index (Phi) is 5.15. The number of carbonyl (C=O) groups excluding carboxylic acids is 1. The Morgan fingerprint density at radius 1 is 1.15 bits per heavy atom. The van der Waals surface area contributed by atoms with Crippen molar-refractivity contribution in [2.24, 2.45) is 64.6 Å². The van der Waals surface area contributed by atoms with E-state index in [1.165, 1.54) is 44.9 Å². The smallest absolute Gasteiger partial charge is 0.158 e. The van der Waals surface area contributed by atoms with Gasteiger partial charge in [0.05, 0.1) is 24.2 Å². The molecular formula is C30H43N3O. The van der Waals surface area contributed by atoms with Crippen molar-refractivity contribution in [3.8, 4) is 6.07 Å². The molecular weight excluding hydrogens is 418 g/mol. The Bertz CT molecular complexity index is 1020. The highest BCUT2D eigenvalue weighted by atomic mass is 16.1. The first-order chi connectivity index (χ1) is 16.2. The minimum absolute atomic E-state index is 0.177. The molecule has 5 aliphatic rings. The number of carbonyl (C=O) groups is 1. The van der Waals surface area contributed by atoms with Gasteiger partial charge in [0.15, 0.2) is 5.78 Å². The van der Waals surface area contributed by atoms with Crippen molar-refractivity contribution in [1.82, 2.24) is 9.78 Å². The second-order valence-electron chi connectivity index (χ2n) is 13.9. The van der Waals surface area contributed by atoms with E-state index >= 15 is 0 Å². The molecule has 1 heterocycles. The number of aromatic nitrogens is 2. The second kappa shape index (κ2) is 7.68. The van der Waals surface area contributed by atoms with Crippen LogP contribution in [0.25, 0.3) is 0 Å². The Hall–Kier alpha value is -1.63. The highest BCUT2D eigenvalue weighted by molar-refractivity contribution is 5.83. The molecule has 0 aromatic carbocycles. The summed E-state index contributed by atoms with van der Waals surface area (Å²) in [5.41, 5.74) is 0.502. The number of fused-ring (bicyclic) bond motifs is 7. The number of hydrogen-bond donors (Lipinski definition) is 0. The molecule has 5 saturated carbocycles. The van der Waals surface area contributed by atoms with Gasteiger partial charge in [-0.15, -0.1) is 0 Å². The van der Waals surface area contributed by atoms with Gasteiger partial charge in [0, 0.05) is 17.7 Å². The summed E-state index contributed by atoms with van der Waals surface area (Å²) in [5.74, 6) is 8.07. The molecule has 0 amide bonds. The standard InChI is InChI=1S/C30H43N3O/c1-17-6-8-21-19(12-17)7-9-23-22(21)10-11-30(5)27(23)25-18(2)26(25)28(30)24(34)15-33-14-20(13-32-33)29(3,4)16-31/h13-14,17-19,21-23,25-28H,6-12,15H2,1-5H3/t17-,18-,19+,21-,22+,23+,25+,26-,27?,28-,30-/m0/s1. The zero-order valence-corrected chi connectivity index (χ0v) is 21.8. The maximum atomic E-state index is 13.9. The molecule has 0 spiro atoms. The highest BCUT2D eigenvalue weighted by Gasteiger charge is 2.73. The molecule has 0 N–H and O–H groups in total. The van der Waals surface area contributed by atoms with Gasteiger partial charge < -0.3 is 0 Å². The lowest BCUT2D eigenvalue weighted by molar-refractivity contribution is -0.135. The van der Waals surface area contributed by atoms with Gasteiger partial charge in [-0.1, -0.05) is 27.2 Å². The van der Waals surface area contributed by atoms with Crippen molar-refractivity contribution in [1.29, 1.82) is 5.26 Å². The van der Waals surface area contributed by atoms with Crippen LogP contribution >= 0.6 is 0 Å². The van der Waals surface area contributed by atoms with E-state index in [1.54, 1.807) is 10.9 Å². The van der Waals surface area contributed by atoms with Crippen molar-refractivity contribution in [2.75, 3.05) is 0 Å². The van der Waals surface area contributed by atoms with Gasteiger partial charge in [0.25, 0.3) is 0 Å². The first kappa shape index (κ1) is 22.8. The van der Waals surface area contributed by atoms with Gasteiger partial charge in [-0.25, -0.2) is 0 Å². The van der Waals surface area contributed by atoms with Gasteiger partial charge in [-0.05, 0) is 111 Å². The van der Waals surface area contributed by atoms with Crippen LogP contribution in [0.2, 0.25) is 0 Å². The lowest BCUT2D eigenvalue weighted by Crippen LogP contribution is -2.51. The van der Waals surface area contributed by atoms with Gasteiger partial charge in [-0.3, -0.25) is 9.48 Å². The fourth-order valence-corrected chi connectivity index (χ4v) is 10.2. The van der Waals surface area contributed by atoms with Gasteiger partial charge in [0.2, 0.25) is 0 Å². The van der Waals surface area contributed by atoms with E-state index in [1.807, 2.05) is 20.0 Å². The largest absolute Gasteiger partial charge is 0.297 e. The van der Waals surface area contributed by atoms with Crippen molar-refractivity contribution in [3.05, 3.63) is 18.0 Å². The normalized spacial score (nSPS) is 47.1. The zero-order valence-electron chi connectivity index (χ0n) is 21.8. The number of nitriles is 1. The van der Waals surface area contributed by atoms with E-state index in [4.69, 9.17) is 0 Å². The lowest BCUT2D eigenvalue weighted by Gasteiger charge is -2.57. The van der Waals surface area contributed by atoms with Crippen LogP contribution in [-0.2, 0) is 16.8 Å². The van der Waals surface area contributed by atoms with E-state index in [0.717, 1.165) is 47.0 Å². The van der Waals surface area contributed by atoms with Crippen molar-refractivity contribution >= 4 is 5.78 Å². The lowest BCUT2D eigenvalue weighted by atomic mass is 9.47. The number of hydrogen-bond acceptors (Lipinski definition) is 3. The van der Waals surface area contributed by atoms with Crippen molar-refractivity contribution in [2.45, 2.75) is 91.5 Å². The molecule has 0 aliphatic heterocycles. The molecule has 0 saturated heterocycles. The molecule has 4 nitrogen and oxygen atoms in total. The Labute approximate surface area is 205 Å². The van der Waals surface area contributed by atoms with E-state index in [0.29, 0.717) is 24.2 Å². The molecule has 4 heteroatoms. The third-order valence-corrected chi connectivity index (χ3v) is 11.8. The quantitative estimate of drug-likeness (QED) is 0.532. The summed E-state index contributed by atoms with van der Waals surface area (Å²) < 4.78 is 1.80. The van der Waals surface area contributed by atoms with Crippen LogP contribution < -0.4 is 0 Å². The van der Waals surface area contributed by atoms with E-state index in [2.05, 4.69) is 31.9 Å². The maximum Gasteiger partial charge on any atom is 0.158 e. The van der Waals surface area contributed by atoms with Crippen LogP contribution in [0.1, 0.15) is 85.1 Å². The zero-order chi connectivity index (χ0) is 24.0. The van der Waals surface area contributed by atoms with Gasteiger partial charge in [0.1, 0.15) is 0 Å². The second-order valence-corrected chi connectivity index (χ2v) is 13.9. The van der Waals surface area contributed by atoms with E-state index in [-0.39, 0.29) is 11.3 Å². The van der Waals surface area contributed by atoms with Crippen molar-refractivity contribution < 1.29 is 4.79 Å². The van der Waals surface area contributed by atoms with E-state index < -0.39 is 5.41 Å². The molecule has 0 bridgehead atoms. The molecule has 1 aromatic heterocycles. The summed E-state index contributed by atoms with van der Waals surface area (Å²) in [6, 6.07) is 2.35. The van der Waals surface area contributed by atoms with Crippen LogP contribution in [0.3, 0.4) is 0 Å². The summed E-state index contributed by atoms with van der Waals surface area (Å²) >= 11 is 0. The van der Waals surface area contributed by atoms with Crippen LogP contribution in [0.15, 0.2) is 12.4 Å². The van der Waals surface area contributed by atoms with Crippen LogP contribution in [0, 0.1) is 75.9 Å². The third kappa shape index (κ3) is 3.21. The average molecular weight is 462 g/mol. The summed E-state index contributed by atoms with van der Waals surface area (Å²) in [4.78, 5) is 13.9. The molecule has 184 valence electrons. The molecule has 6 rings (SSSR count). The summed E-state index contributed by atoms with van der Waals surface area (Å²) in [6.07, 6.45) is 13.5. The molecule has 1 aromatic rings. The molecule has 0 radical (unpaired) electrons. The topological polar surface area (TPSA) is 58.7 Å². The first-order valence-corrected chi connectivity index (χ1v) is 14.1. The van der Waals surface area contributed by atoms with Crippen LogP contribution in [0.5, 0.6) is 0 Å². The number of rotatable bonds is 4. The molecule has 11 atom stereocenters. The van der Waals surface area contributed by atoms with Crippen LogP contribution in [0.4, 0.5) is 0 Å². The fraction of sp³-hybridized carbons (Fsp3) is 0.833. The first-order valence-electron chi connectivity index (χ1n) is 14.1. The van der Waals surface area contributed by atoms with Gasteiger partial charge in [-0.2, -0.15) is 10.4 Å². The van der Waals surface area contributed by atoms with Crippen molar-refractivity contribution in [3.63, 3.8) is 0 Å². The van der Waals surface area contributed by atoms with E-state index in [9.17, 15) is 10.1 Å². The Balaban J connectivity index is 1.23. The average Bonchev–Trinajstić information content (AvgIpc) is 3.14. The SMILES string of the molecule is C[C@H]1CC[C@H]2[C@H](CC[C@H]3C4[C@@H]5[C@H](C)[C@@H]5[C@H](C(=O)Cn5cc(C(C)(C)C#N)cn5)[C@@]4(C)CC[C@H]23)C1. The monoisotopic (exact) mass is 461 g/mol. The predicted molar refractivity (Wildman–Crippen MR) is 133 cm³/mol. The third-order valence-electron chi connectivity index (χ3n) is 11.8. The number of Topliss-reactive ketones (excluding diaryl/α,β-unsaturated/α-hetero) is 1. The maximum absolute atomic E-state index is 13.9. The molecule has 1 unspecified atom stereocenters. The predicted octanol–water partition coefficient (Wildman–Crippen LogP) is 6.26. The summed E-state index contributed by atoms with van der Waals surface area (Å²) in [6.45, 7) is 11.6. The fourth-order valence-electron chi connectivity index (χ4n) is 10.2. The van der Waals surface area contributed by atoms with Gasteiger partial charge >= 0.3 is 0 Å². The molecule has 34 heavy (non-hydrogen) atoms.